The van der Waals surface area contributed by atoms with E-state index in [1.54, 1.807) is 17.2 Å². The highest BCUT2D eigenvalue weighted by molar-refractivity contribution is 5.82. The highest BCUT2D eigenvalue weighted by Gasteiger charge is 2.12. The van der Waals surface area contributed by atoms with Crippen molar-refractivity contribution in [3.8, 4) is 11.5 Å². The Morgan fingerprint density at radius 2 is 2.00 bits per heavy atom. The predicted octanol–water partition coefficient (Wildman–Crippen LogP) is 2.65. The third kappa shape index (κ3) is 1.80. The minimum Gasteiger partial charge on any atom is -0.454 e. The van der Waals surface area contributed by atoms with Crippen molar-refractivity contribution in [1.29, 1.82) is 0 Å². The van der Waals surface area contributed by atoms with Crippen molar-refractivity contribution in [2.45, 2.75) is 0 Å². The van der Waals surface area contributed by atoms with Crippen molar-refractivity contribution in [2.24, 2.45) is 5.10 Å². The predicted molar refractivity (Wildman–Crippen MR) is 75.3 cm³/mol. The molecular formula is C15H11N3O2. The van der Waals surface area contributed by atoms with Gasteiger partial charge in [-0.05, 0) is 35.9 Å². The van der Waals surface area contributed by atoms with Gasteiger partial charge in [0.25, 0.3) is 0 Å². The van der Waals surface area contributed by atoms with Gasteiger partial charge in [0.2, 0.25) is 6.79 Å². The van der Waals surface area contributed by atoms with Crippen LogP contribution in [0.25, 0.3) is 11.0 Å². The number of hydrogen-bond donors (Lipinski definition) is 0. The van der Waals surface area contributed by atoms with Crippen molar-refractivity contribution < 1.29 is 9.47 Å². The second-order valence-electron chi connectivity index (χ2n) is 4.44. The van der Waals surface area contributed by atoms with Gasteiger partial charge in [0.15, 0.2) is 11.5 Å². The molecule has 0 saturated carbocycles. The molecule has 0 N–H and O–H groups in total. The maximum atomic E-state index is 5.34. The van der Waals surface area contributed by atoms with E-state index in [4.69, 9.17) is 9.47 Å². The lowest BCUT2D eigenvalue weighted by atomic mass is 10.2. The van der Waals surface area contributed by atoms with Gasteiger partial charge in [-0.2, -0.15) is 5.10 Å². The quantitative estimate of drug-likeness (QED) is 0.669. The second kappa shape index (κ2) is 4.38. The Bertz CT molecular complexity index is 808. The van der Waals surface area contributed by atoms with E-state index < -0.39 is 0 Å². The summed E-state index contributed by atoms with van der Waals surface area (Å²) in [6.45, 7) is 0.280. The Morgan fingerprint density at radius 1 is 1.10 bits per heavy atom. The lowest BCUT2D eigenvalue weighted by molar-refractivity contribution is 0.174. The number of imidazole rings is 1. The van der Waals surface area contributed by atoms with Crippen LogP contribution in [0.1, 0.15) is 5.56 Å². The van der Waals surface area contributed by atoms with Gasteiger partial charge in [-0.1, -0.05) is 12.1 Å². The van der Waals surface area contributed by atoms with Crippen molar-refractivity contribution in [2.75, 3.05) is 6.79 Å². The standard InChI is InChI=1S/C15H11N3O2/c1-2-4-13-12(3-1)16-9-18(13)17-8-11-5-6-14-15(7-11)20-10-19-14/h1-9H,10H2. The Balaban J connectivity index is 1.68. The molecule has 4 rings (SSSR count). The summed E-state index contributed by atoms with van der Waals surface area (Å²) in [5.74, 6) is 1.53. The number of ether oxygens (including phenoxy) is 2. The van der Waals surface area contributed by atoms with E-state index in [1.165, 1.54) is 0 Å². The topological polar surface area (TPSA) is 48.6 Å². The van der Waals surface area contributed by atoms with Gasteiger partial charge in [0.1, 0.15) is 6.33 Å². The maximum Gasteiger partial charge on any atom is 0.231 e. The van der Waals surface area contributed by atoms with Crippen LogP contribution in [0.5, 0.6) is 11.5 Å². The minimum absolute atomic E-state index is 0.280. The van der Waals surface area contributed by atoms with Crippen LogP contribution in [0, 0.1) is 0 Å². The number of hydrogen-bond acceptors (Lipinski definition) is 4. The summed E-state index contributed by atoms with van der Waals surface area (Å²) in [6.07, 6.45) is 3.48. The fraction of sp³-hybridized carbons (Fsp3) is 0.0667. The SMILES string of the molecule is C(=Nn1cnc2ccccc21)c1ccc2c(c1)OCO2. The number of para-hydroxylation sites is 2. The molecule has 3 aromatic rings. The van der Waals surface area contributed by atoms with Crippen molar-refractivity contribution in [1.82, 2.24) is 9.66 Å². The fourth-order valence-corrected chi connectivity index (χ4v) is 2.16. The zero-order chi connectivity index (χ0) is 13.4. The molecule has 1 aliphatic heterocycles. The van der Waals surface area contributed by atoms with Crippen LogP contribution >= 0.6 is 0 Å². The van der Waals surface area contributed by atoms with Crippen LogP contribution < -0.4 is 9.47 Å². The number of rotatable bonds is 2. The molecule has 0 saturated heterocycles. The largest absolute Gasteiger partial charge is 0.454 e. The van der Waals surface area contributed by atoms with E-state index in [1.807, 2.05) is 42.5 Å². The lowest BCUT2D eigenvalue weighted by Gasteiger charge is -1.98. The molecule has 0 spiro atoms. The van der Waals surface area contributed by atoms with E-state index >= 15 is 0 Å². The van der Waals surface area contributed by atoms with Gasteiger partial charge in [-0.25, -0.2) is 9.66 Å². The van der Waals surface area contributed by atoms with Crippen LogP contribution in [-0.2, 0) is 0 Å². The molecule has 0 bridgehead atoms. The monoisotopic (exact) mass is 265 g/mol. The molecule has 0 unspecified atom stereocenters. The fourth-order valence-electron chi connectivity index (χ4n) is 2.16. The average Bonchev–Trinajstić information content (AvgIpc) is 3.11. The van der Waals surface area contributed by atoms with E-state index in [2.05, 4.69) is 10.1 Å². The van der Waals surface area contributed by atoms with Crippen molar-refractivity contribution >= 4 is 17.2 Å². The molecule has 0 atom stereocenters. The van der Waals surface area contributed by atoms with Gasteiger partial charge in [0, 0.05) is 0 Å². The molecule has 98 valence electrons. The molecule has 0 fully saturated rings. The number of benzene rings is 2. The average molecular weight is 265 g/mol. The first kappa shape index (κ1) is 11.0. The van der Waals surface area contributed by atoms with Gasteiger partial charge >= 0.3 is 0 Å². The summed E-state index contributed by atoms with van der Waals surface area (Å²) in [4.78, 5) is 4.29. The number of fused-ring (bicyclic) bond motifs is 2. The minimum atomic E-state index is 0.280. The Morgan fingerprint density at radius 3 is 3.00 bits per heavy atom. The number of aromatic nitrogens is 2. The third-order valence-electron chi connectivity index (χ3n) is 3.16. The Labute approximate surface area is 115 Å². The summed E-state index contributed by atoms with van der Waals surface area (Å²) in [7, 11) is 0. The Kier molecular flexibility index (Phi) is 2.42. The second-order valence-corrected chi connectivity index (χ2v) is 4.44. The summed E-state index contributed by atoms with van der Waals surface area (Å²) in [5.41, 5.74) is 2.85. The van der Waals surface area contributed by atoms with Crippen LogP contribution in [0.2, 0.25) is 0 Å². The van der Waals surface area contributed by atoms with Crippen LogP contribution in [0.3, 0.4) is 0 Å². The zero-order valence-electron chi connectivity index (χ0n) is 10.6. The molecular weight excluding hydrogens is 254 g/mol. The first-order valence-corrected chi connectivity index (χ1v) is 6.26. The summed E-state index contributed by atoms with van der Waals surface area (Å²) >= 11 is 0. The molecule has 2 aromatic carbocycles. The van der Waals surface area contributed by atoms with Gasteiger partial charge in [-0.15, -0.1) is 0 Å². The zero-order valence-corrected chi connectivity index (χ0v) is 10.6. The van der Waals surface area contributed by atoms with E-state index in [9.17, 15) is 0 Å². The first-order chi connectivity index (χ1) is 9.90. The maximum absolute atomic E-state index is 5.34. The van der Waals surface area contributed by atoms with Crippen LogP contribution in [0.15, 0.2) is 53.9 Å². The van der Waals surface area contributed by atoms with Crippen LogP contribution in [-0.4, -0.2) is 22.7 Å². The Hall–Kier alpha value is -2.82. The molecule has 20 heavy (non-hydrogen) atoms. The number of nitrogens with zero attached hydrogens (tertiary/aromatic N) is 3. The molecule has 1 aromatic heterocycles. The van der Waals surface area contributed by atoms with E-state index in [0.29, 0.717) is 0 Å². The smallest absolute Gasteiger partial charge is 0.231 e. The molecule has 5 heteroatoms. The molecule has 2 heterocycles. The van der Waals surface area contributed by atoms with Crippen molar-refractivity contribution in [3.63, 3.8) is 0 Å². The van der Waals surface area contributed by atoms with Gasteiger partial charge in [-0.3, -0.25) is 0 Å². The molecule has 0 radical (unpaired) electrons. The van der Waals surface area contributed by atoms with E-state index in [-0.39, 0.29) is 6.79 Å². The summed E-state index contributed by atoms with van der Waals surface area (Å²) in [5, 5.41) is 4.42. The van der Waals surface area contributed by atoms with Crippen LogP contribution in [0.4, 0.5) is 0 Å². The third-order valence-corrected chi connectivity index (χ3v) is 3.16. The van der Waals surface area contributed by atoms with Gasteiger partial charge in [0.05, 0.1) is 17.2 Å². The highest BCUT2D eigenvalue weighted by atomic mass is 16.7. The van der Waals surface area contributed by atoms with Gasteiger partial charge < -0.3 is 9.47 Å². The molecule has 5 nitrogen and oxygen atoms in total. The van der Waals surface area contributed by atoms with Crippen molar-refractivity contribution in [3.05, 3.63) is 54.4 Å². The molecule has 1 aliphatic rings. The molecule has 0 aliphatic carbocycles. The normalized spacial score (nSPS) is 13.4. The lowest BCUT2D eigenvalue weighted by Crippen LogP contribution is -1.93. The molecule has 0 amide bonds. The summed E-state index contributed by atoms with van der Waals surface area (Å²) < 4.78 is 12.4. The highest BCUT2D eigenvalue weighted by Crippen LogP contribution is 2.32. The first-order valence-electron chi connectivity index (χ1n) is 6.26. The van der Waals surface area contributed by atoms with E-state index in [0.717, 1.165) is 28.1 Å². The summed E-state index contributed by atoms with van der Waals surface area (Å²) in [6, 6.07) is 13.6.